The molecule has 0 spiro atoms. The van der Waals surface area contributed by atoms with Gasteiger partial charge < -0.3 is 25.0 Å². The van der Waals surface area contributed by atoms with Gasteiger partial charge in [-0.2, -0.15) is 11.8 Å². The Labute approximate surface area is 184 Å². The maximum absolute atomic E-state index is 5.95. The van der Waals surface area contributed by atoms with E-state index in [1.807, 2.05) is 43.0 Å². The average Bonchev–Trinajstić information content (AvgIpc) is 2.80. The average molecular weight is 429 g/mol. The lowest BCUT2D eigenvalue weighted by molar-refractivity contribution is 0.223. The summed E-state index contributed by atoms with van der Waals surface area (Å²) in [4.78, 5) is 6.77. The van der Waals surface area contributed by atoms with E-state index in [4.69, 9.17) is 9.47 Å². The highest BCUT2D eigenvalue weighted by Gasteiger charge is 2.11. The van der Waals surface area contributed by atoms with E-state index < -0.39 is 0 Å². The van der Waals surface area contributed by atoms with E-state index in [2.05, 4.69) is 44.8 Å². The Morgan fingerprint density at radius 1 is 1.10 bits per heavy atom. The van der Waals surface area contributed by atoms with Crippen LogP contribution in [-0.2, 0) is 6.54 Å². The third kappa shape index (κ3) is 6.76. The molecule has 2 aromatic rings. The van der Waals surface area contributed by atoms with Crippen LogP contribution in [0.5, 0.6) is 11.5 Å². The lowest BCUT2D eigenvalue weighted by Gasteiger charge is -2.28. The highest BCUT2D eigenvalue weighted by molar-refractivity contribution is 7.99. The summed E-state index contributed by atoms with van der Waals surface area (Å²) < 4.78 is 11.2. The number of aliphatic imine (C=N–C) groups is 1. The molecule has 30 heavy (non-hydrogen) atoms. The van der Waals surface area contributed by atoms with Crippen molar-refractivity contribution in [1.29, 1.82) is 0 Å². The van der Waals surface area contributed by atoms with Crippen molar-refractivity contribution < 1.29 is 9.47 Å². The molecule has 1 aliphatic heterocycles. The van der Waals surface area contributed by atoms with Crippen molar-refractivity contribution in [3.63, 3.8) is 0 Å². The van der Waals surface area contributed by atoms with Gasteiger partial charge >= 0.3 is 0 Å². The molecular weight excluding hydrogens is 396 g/mol. The minimum Gasteiger partial charge on any atom is -0.497 e. The molecule has 1 heterocycles. The van der Waals surface area contributed by atoms with E-state index >= 15 is 0 Å². The summed E-state index contributed by atoms with van der Waals surface area (Å²) >= 11 is 2.03. The van der Waals surface area contributed by atoms with Gasteiger partial charge in [-0.15, -0.1) is 0 Å². The van der Waals surface area contributed by atoms with Gasteiger partial charge in [-0.05, 0) is 36.8 Å². The number of thioether (sulfide) groups is 1. The molecular formula is C23H32N4O2S. The van der Waals surface area contributed by atoms with Gasteiger partial charge in [0.25, 0.3) is 0 Å². The molecule has 0 aliphatic carbocycles. The topological polar surface area (TPSA) is 58.1 Å². The van der Waals surface area contributed by atoms with Crippen LogP contribution >= 0.6 is 11.8 Å². The fourth-order valence-corrected chi connectivity index (χ4v) is 4.14. The zero-order valence-corrected chi connectivity index (χ0v) is 18.9. The Morgan fingerprint density at radius 2 is 1.83 bits per heavy atom. The second-order valence-corrected chi connectivity index (χ2v) is 8.40. The molecule has 0 radical (unpaired) electrons. The fourth-order valence-electron chi connectivity index (χ4n) is 3.24. The highest BCUT2D eigenvalue weighted by atomic mass is 32.2. The van der Waals surface area contributed by atoms with Crippen LogP contribution in [-0.4, -0.2) is 57.4 Å². The first-order valence-electron chi connectivity index (χ1n) is 10.3. The highest BCUT2D eigenvalue weighted by Crippen LogP contribution is 2.20. The summed E-state index contributed by atoms with van der Waals surface area (Å²) in [7, 11) is 3.43. The van der Waals surface area contributed by atoms with Crippen LogP contribution in [0.1, 0.15) is 12.5 Å². The lowest BCUT2D eigenvalue weighted by atomic mass is 10.2. The maximum Gasteiger partial charge on any atom is 0.191 e. The van der Waals surface area contributed by atoms with Gasteiger partial charge in [0.05, 0.1) is 13.7 Å². The minimum atomic E-state index is -0.0161. The first kappa shape index (κ1) is 22.2. The third-order valence-corrected chi connectivity index (χ3v) is 5.87. The van der Waals surface area contributed by atoms with Crippen LogP contribution in [0, 0.1) is 0 Å². The standard InChI is InChI=1S/C23H32N4O2S/c1-18(29-22-6-4-5-21(15-22)28-3)16-25-23(24-2)26-17-19-7-9-20(10-8-19)27-11-13-30-14-12-27/h4-10,15,18H,11-14,16-17H2,1-3H3,(H2,24,25,26). The van der Waals surface area contributed by atoms with E-state index in [0.717, 1.165) is 37.1 Å². The molecule has 2 N–H and O–H groups in total. The van der Waals surface area contributed by atoms with Crippen molar-refractivity contribution in [2.24, 2.45) is 4.99 Å². The molecule has 0 saturated carbocycles. The summed E-state index contributed by atoms with van der Waals surface area (Å²) in [5, 5.41) is 6.69. The molecule has 0 aromatic heterocycles. The van der Waals surface area contributed by atoms with Crippen molar-refractivity contribution in [3.05, 3.63) is 54.1 Å². The van der Waals surface area contributed by atoms with Gasteiger partial charge in [0.1, 0.15) is 17.6 Å². The molecule has 0 amide bonds. The molecule has 3 rings (SSSR count). The Kier molecular flexibility index (Phi) is 8.56. The molecule has 0 bridgehead atoms. The van der Waals surface area contributed by atoms with Crippen LogP contribution in [0.4, 0.5) is 5.69 Å². The second kappa shape index (κ2) is 11.6. The molecule has 1 unspecified atom stereocenters. The molecule has 2 aromatic carbocycles. The first-order valence-corrected chi connectivity index (χ1v) is 11.5. The number of nitrogens with one attached hydrogen (secondary N) is 2. The molecule has 1 atom stereocenters. The van der Waals surface area contributed by atoms with E-state index in [1.54, 1.807) is 14.2 Å². The Morgan fingerprint density at radius 3 is 2.53 bits per heavy atom. The van der Waals surface area contributed by atoms with E-state index in [-0.39, 0.29) is 6.10 Å². The smallest absolute Gasteiger partial charge is 0.191 e. The van der Waals surface area contributed by atoms with Crippen molar-refractivity contribution in [3.8, 4) is 11.5 Å². The van der Waals surface area contributed by atoms with E-state index in [9.17, 15) is 0 Å². The Bertz CT molecular complexity index is 807. The lowest BCUT2D eigenvalue weighted by Crippen LogP contribution is -2.41. The second-order valence-electron chi connectivity index (χ2n) is 7.18. The fraction of sp³-hybridized carbons (Fsp3) is 0.435. The van der Waals surface area contributed by atoms with Gasteiger partial charge in [-0.25, -0.2) is 0 Å². The van der Waals surface area contributed by atoms with Gasteiger partial charge in [-0.3, -0.25) is 4.99 Å². The normalized spacial score (nSPS) is 15.4. The number of rotatable bonds is 8. The predicted molar refractivity (Wildman–Crippen MR) is 127 cm³/mol. The SMILES string of the molecule is CN=C(NCc1ccc(N2CCSCC2)cc1)NCC(C)Oc1cccc(OC)c1. The summed E-state index contributed by atoms with van der Waals surface area (Å²) in [6, 6.07) is 16.4. The van der Waals surface area contributed by atoms with Crippen molar-refractivity contribution in [1.82, 2.24) is 10.6 Å². The molecule has 162 valence electrons. The minimum absolute atomic E-state index is 0.0161. The molecule has 1 saturated heterocycles. The summed E-state index contributed by atoms with van der Waals surface area (Å²) in [5.74, 6) is 4.76. The quantitative estimate of drug-likeness (QED) is 0.497. The molecule has 1 fully saturated rings. The number of methoxy groups -OCH3 is 1. The molecule has 6 nitrogen and oxygen atoms in total. The maximum atomic E-state index is 5.95. The van der Waals surface area contributed by atoms with Crippen LogP contribution in [0.3, 0.4) is 0 Å². The summed E-state index contributed by atoms with van der Waals surface area (Å²) in [6.45, 7) is 5.66. The molecule has 7 heteroatoms. The van der Waals surface area contributed by atoms with E-state index in [0.29, 0.717) is 6.54 Å². The largest absolute Gasteiger partial charge is 0.497 e. The number of hydrogen-bond acceptors (Lipinski definition) is 5. The number of benzene rings is 2. The first-order chi connectivity index (χ1) is 14.7. The summed E-state index contributed by atoms with van der Waals surface area (Å²) in [5.41, 5.74) is 2.54. The Balaban J connectivity index is 1.42. The van der Waals surface area contributed by atoms with Crippen LogP contribution in [0.2, 0.25) is 0 Å². The third-order valence-electron chi connectivity index (χ3n) is 4.93. The zero-order chi connectivity index (χ0) is 21.2. The van der Waals surface area contributed by atoms with Crippen LogP contribution < -0.4 is 25.0 Å². The monoisotopic (exact) mass is 428 g/mol. The zero-order valence-electron chi connectivity index (χ0n) is 18.1. The van der Waals surface area contributed by atoms with Gasteiger partial charge in [0.2, 0.25) is 0 Å². The number of hydrogen-bond donors (Lipinski definition) is 2. The van der Waals surface area contributed by atoms with Crippen molar-refractivity contribution >= 4 is 23.4 Å². The Hall–Kier alpha value is -2.54. The number of ether oxygens (including phenoxy) is 2. The molecule has 1 aliphatic rings. The summed E-state index contributed by atoms with van der Waals surface area (Å²) in [6.07, 6.45) is -0.0161. The van der Waals surface area contributed by atoms with Crippen molar-refractivity contribution in [2.75, 3.05) is 50.2 Å². The number of guanidine groups is 1. The number of nitrogens with zero attached hydrogens (tertiary/aromatic N) is 2. The van der Waals surface area contributed by atoms with Crippen molar-refractivity contribution in [2.45, 2.75) is 19.6 Å². The number of anilines is 1. The van der Waals surface area contributed by atoms with Gasteiger partial charge in [0.15, 0.2) is 5.96 Å². The van der Waals surface area contributed by atoms with E-state index in [1.165, 1.54) is 22.8 Å². The van der Waals surface area contributed by atoms with Gasteiger partial charge in [-0.1, -0.05) is 18.2 Å². The predicted octanol–water partition coefficient (Wildman–Crippen LogP) is 3.38. The van der Waals surface area contributed by atoms with Gasteiger partial charge in [0, 0.05) is 49.9 Å². The van der Waals surface area contributed by atoms with Crippen LogP contribution in [0.15, 0.2) is 53.5 Å². The van der Waals surface area contributed by atoms with Crippen LogP contribution in [0.25, 0.3) is 0 Å².